The van der Waals surface area contributed by atoms with Crippen molar-refractivity contribution >= 4 is 49.7 Å². The average Bonchev–Trinajstić information content (AvgIpc) is 3.26. The Kier molecular flexibility index (Phi) is 4.37. The fraction of sp³-hybridized carbons (Fsp3) is 0.235. The highest BCUT2D eigenvalue weighted by Gasteiger charge is 2.16. The van der Waals surface area contributed by atoms with Gasteiger partial charge < -0.3 is 14.8 Å². The van der Waals surface area contributed by atoms with Crippen molar-refractivity contribution in [2.75, 3.05) is 18.5 Å². The topological polar surface area (TPSA) is 77.5 Å². The first kappa shape index (κ1) is 16.0. The van der Waals surface area contributed by atoms with Crippen molar-refractivity contribution < 1.29 is 19.1 Å². The number of ketones is 1. The number of anilines is 1. The molecule has 0 radical (unpaired) electrons. The van der Waals surface area contributed by atoms with Crippen molar-refractivity contribution in [3.05, 3.63) is 34.5 Å². The Bertz CT molecular complexity index is 891. The number of carbonyl (C=O) groups is 2. The van der Waals surface area contributed by atoms with E-state index >= 15 is 0 Å². The quantitative estimate of drug-likeness (QED) is 0.689. The van der Waals surface area contributed by atoms with Gasteiger partial charge in [-0.15, -0.1) is 11.3 Å². The zero-order chi connectivity index (χ0) is 17.2. The summed E-state index contributed by atoms with van der Waals surface area (Å²) in [6.07, 6.45) is 0.322. The Morgan fingerprint density at radius 2 is 1.96 bits per heavy atom. The Hall–Kier alpha value is -2.45. The highest BCUT2D eigenvalue weighted by Crippen LogP contribution is 2.37. The number of nitrogens with zero attached hydrogens (tertiary/aromatic N) is 1. The summed E-state index contributed by atoms with van der Waals surface area (Å²) in [6, 6.07) is 7.28. The van der Waals surface area contributed by atoms with Gasteiger partial charge in [-0.2, -0.15) is 0 Å². The zero-order valence-corrected chi connectivity index (χ0v) is 14.7. The molecule has 1 N–H and O–H groups in total. The summed E-state index contributed by atoms with van der Waals surface area (Å²) in [5.41, 5.74) is 0.749. The van der Waals surface area contributed by atoms with Gasteiger partial charge in [0.15, 0.2) is 22.4 Å². The van der Waals surface area contributed by atoms with E-state index in [1.807, 2.05) is 23.6 Å². The lowest BCUT2D eigenvalue weighted by atomic mass is 10.2. The van der Waals surface area contributed by atoms with Crippen molar-refractivity contribution in [3.8, 4) is 11.5 Å². The summed E-state index contributed by atoms with van der Waals surface area (Å²) in [6.45, 7) is 1.05. The first-order valence-electron chi connectivity index (χ1n) is 7.76. The van der Waals surface area contributed by atoms with Crippen molar-refractivity contribution in [2.45, 2.75) is 12.8 Å². The number of carbonyl (C=O) groups excluding carboxylic acids is 2. The fourth-order valence-electron chi connectivity index (χ4n) is 2.49. The van der Waals surface area contributed by atoms with Crippen LogP contribution in [0.15, 0.2) is 29.6 Å². The van der Waals surface area contributed by atoms with Crippen LogP contribution in [0.25, 0.3) is 10.2 Å². The lowest BCUT2D eigenvalue weighted by Crippen LogP contribution is -2.15. The molecule has 0 bridgehead atoms. The standard InChI is InChI=1S/C17H14N2O4S2/c20-11(14-2-1-7-24-14)3-4-16(21)19-17-18-10-8-12-13(9-15(10)25-17)23-6-5-22-12/h1-2,7-9H,3-6H2,(H,18,19,21). The minimum atomic E-state index is -0.221. The molecule has 0 unspecified atom stereocenters. The molecule has 1 aliphatic rings. The Morgan fingerprint density at radius 1 is 1.16 bits per heavy atom. The van der Waals surface area contributed by atoms with E-state index in [0.29, 0.717) is 34.7 Å². The number of benzene rings is 1. The number of hydrogen-bond donors (Lipinski definition) is 1. The maximum atomic E-state index is 12.1. The number of ether oxygens (including phenoxy) is 2. The zero-order valence-electron chi connectivity index (χ0n) is 13.1. The number of thiophene rings is 1. The molecule has 3 heterocycles. The number of nitrogens with one attached hydrogen (secondary N) is 1. The molecule has 4 rings (SSSR count). The second-order valence-corrected chi connectivity index (χ2v) is 7.41. The van der Waals surface area contributed by atoms with Crippen LogP contribution < -0.4 is 14.8 Å². The van der Waals surface area contributed by atoms with Gasteiger partial charge in [0.1, 0.15) is 13.2 Å². The SMILES string of the molecule is O=C(CCC(=O)c1cccs1)Nc1nc2cc3c(cc2s1)OCCO3. The third kappa shape index (κ3) is 3.49. The Balaban J connectivity index is 1.41. The summed E-state index contributed by atoms with van der Waals surface area (Å²) >= 11 is 2.76. The second-order valence-electron chi connectivity index (χ2n) is 5.43. The van der Waals surface area contributed by atoms with Gasteiger partial charge in [-0.25, -0.2) is 4.98 Å². The molecule has 2 aromatic heterocycles. The van der Waals surface area contributed by atoms with Crippen molar-refractivity contribution in [1.82, 2.24) is 4.98 Å². The lowest BCUT2D eigenvalue weighted by Gasteiger charge is -2.17. The largest absolute Gasteiger partial charge is 0.486 e. The van der Waals surface area contributed by atoms with Crippen LogP contribution in [0.4, 0.5) is 5.13 Å². The maximum Gasteiger partial charge on any atom is 0.226 e. The van der Waals surface area contributed by atoms with Crippen molar-refractivity contribution in [3.63, 3.8) is 0 Å². The van der Waals surface area contributed by atoms with Crippen LogP contribution in [0.1, 0.15) is 22.5 Å². The van der Waals surface area contributed by atoms with Gasteiger partial charge in [0.25, 0.3) is 0 Å². The third-order valence-corrected chi connectivity index (χ3v) is 5.52. The van der Waals surface area contributed by atoms with Crippen LogP contribution in [-0.2, 0) is 4.79 Å². The number of rotatable bonds is 5. The molecule has 25 heavy (non-hydrogen) atoms. The van der Waals surface area contributed by atoms with E-state index in [1.165, 1.54) is 22.7 Å². The monoisotopic (exact) mass is 374 g/mol. The van der Waals surface area contributed by atoms with E-state index in [2.05, 4.69) is 10.3 Å². The molecule has 0 atom stereocenters. The Labute approximate surface area is 151 Å². The van der Waals surface area contributed by atoms with Crippen LogP contribution in [-0.4, -0.2) is 29.9 Å². The van der Waals surface area contributed by atoms with E-state index in [1.54, 1.807) is 6.07 Å². The number of aromatic nitrogens is 1. The number of hydrogen-bond acceptors (Lipinski definition) is 7. The molecule has 128 valence electrons. The van der Waals surface area contributed by atoms with Crippen LogP contribution >= 0.6 is 22.7 Å². The normalized spacial score (nSPS) is 13.0. The highest BCUT2D eigenvalue weighted by molar-refractivity contribution is 7.22. The summed E-state index contributed by atoms with van der Waals surface area (Å²) in [4.78, 5) is 29.1. The predicted molar refractivity (Wildman–Crippen MR) is 97.1 cm³/mol. The molecule has 0 aliphatic carbocycles. The van der Waals surface area contributed by atoms with Gasteiger partial charge >= 0.3 is 0 Å². The smallest absolute Gasteiger partial charge is 0.226 e. The van der Waals surface area contributed by atoms with Gasteiger partial charge in [0.05, 0.1) is 15.1 Å². The van der Waals surface area contributed by atoms with Crippen LogP contribution in [0, 0.1) is 0 Å². The summed E-state index contributed by atoms with van der Waals surface area (Å²) in [5, 5.41) is 5.11. The van der Waals surface area contributed by atoms with E-state index in [9.17, 15) is 9.59 Å². The number of thiazole rings is 1. The van der Waals surface area contributed by atoms with Gasteiger partial charge in [0, 0.05) is 25.0 Å². The molecule has 1 aliphatic heterocycles. The third-order valence-electron chi connectivity index (χ3n) is 3.67. The summed E-state index contributed by atoms with van der Waals surface area (Å²) in [7, 11) is 0. The molecule has 0 saturated carbocycles. The van der Waals surface area contributed by atoms with Gasteiger partial charge in [-0.05, 0) is 11.4 Å². The van der Waals surface area contributed by atoms with Gasteiger partial charge in [0.2, 0.25) is 5.91 Å². The molecule has 1 amide bonds. The Morgan fingerprint density at radius 3 is 2.72 bits per heavy atom. The van der Waals surface area contributed by atoms with Crippen molar-refractivity contribution in [1.29, 1.82) is 0 Å². The minimum absolute atomic E-state index is 0.0172. The average molecular weight is 374 g/mol. The molecule has 0 saturated heterocycles. The van der Waals surface area contributed by atoms with E-state index in [-0.39, 0.29) is 24.5 Å². The van der Waals surface area contributed by atoms with Crippen LogP contribution in [0.5, 0.6) is 11.5 Å². The minimum Gasteiger partial charge on any atom is -0.486 e. The van der Waals surface area contributed by atoms with Gasteiger partial charge in [-0.1, -0.05) is 17.4 Å². The van der Waals surface area contributed by atoms with Crippen LogP contribution in [0.3, 0.4) is 0 Å². The molecule has 8 heteroatoms. The molecular weight excluding hydrogens is 360 g/mol. The summed E-state index contributed by atoms with van der Waals surface area (Å²) in [5.74, 6) is 1.13. The van der Waals surface area contributed by atoms with E-state index < -0.39 is 0 Å². The number of Topliss-reactive ketones (excluding diaryl/α,β-unsaturated/α-hetero) is 1. The summed E-state index contributed by atoms with van der Waals surface area (Å²) < 4.78 is 12.0. The first-order chi connectivity index (χ1) is 12.2. The maximum absolute atomic E-state index is 12.1. The second kappa shape index (κ2) is 6.81. The lowest BCUT2D eigenvalue weighted by molar-refractivity contribution is -0.116. The molecule has 0 spiro atoms. The molecule has 0 fully saturated rings. The molecule has 1 aromatic carbocycles. The highest BCUT2D eigenvalue weighted by atomic mass is 32.1. The number of amides is 1. The first-order valence-corrected chi connectivity index (χ1v) is 9.45. The van der Waals surface area contributed by atoms with Crippen LogP contribution in [0.2, 0.25) is 0 Å². The number of fused-ring (bicyclic) bond motifs is 2. The molecular formula is C17H14N2O4S2. The van der Waals surface area contributed by atoms with E-state index in [0.717, 1.165) is 10.2 Å². The predicted octanol–water partition coefficient (Wildman–Crippen LogP) is 3.73. The molecule has 3 aromatic rings. The van der Waals surface area contributed by atoms with Crippen molar-refractivity contribution in [2.24, 2.45) is 0 Å². The van der Waals surface area contributed by atoms with E-state index in [4.69, 9.17) is 9.47 Å². The fourth-order valence-corrected chi connectivity index (χ4v) is 4.07. The molecule has 6 nitrogen and oxygen atoms in total. The van der Waals surface area contributed by atoms with Gasteiger partial charge in [-0.3, -0.25) is 9.59 Å².